The van der Waals surface area contributed by atoms with Crippen LogP contribution >= 0.6 is 11.6 Å². The van der Waals surface area contributed by atoms with Crippen molar-refractivity contribution in [1.82, 2.24) is 5.32 Å². The summed E-state index contributed by atoms with van der Waals surface area (Å²) in [6.07, 6.45) is 1.88. The third-order valence-electron chi connectivity index (χ3n) is 4.86. The van der Waals surface area contributed by atoms with Gasteiger partial charge in [0.15, 0.2) is 0 Å². The minimum absolute atomic E-state index is 0.0187. The van der Waals surface area contributed by atoms with Crippen molar-refractivity contribution in [3.05, 3.63) is 64.7 Å². The van der Waals surface area contributed by atoms with E-state index >= 15 is 0 Å². The van der Waals surface area contributed by atoms with Crippen molar-refractivity contribution < 1.29 is 9.53 Å². The van der Waals surface area contributed by atoms with Crippen LogP contribution in [-0.4, -0.2) is 13.0 Å². The number of ether oxygens (including phenoxy) is 1. The van der Waals surface area contributed by atoms with E-state index in [2.05, 4.69) is 5.32 Å². The van der Waals surface area contributed by atoms with Crippen molar-refractivity contribution in [2.75, 3.05) is 7.11 Å². The number of methoxy groups -OCH3 is 1. The predicted molar refractivity (Wildman–Crippen MR) is 96.5 cm³/mol. The van der Waals surface area contributed by atoms with E-state index in [9.17, 15) is 4.79 Å². The van der Waals surface area contributed by atoms with E-state index in [1.54, 1.807) is 7.11 Å². The van der Waals surface area contributed by atoms with Gasteiger partial charge < -0.3 is 10.1 Å². The fraction of sp³-hybridized carbons (Fsp3) is 0.350. The summed E-state index contributed by atoms with van der Waals surface area (Å²) < 4.78 is 5.19. The van der Waals surface area contributed by atoms with Crippen LogP contribution in [0.2, 0.25) is 5.02 Å². The molecule has 1 aliphatic carbocycles. The molecule has 0 radical (unpaired) electrons. The lowest BCUT2D eigenvalue weighted by Crippen LogP contribution is -2.45. The quantitative estimate of drug-likeness (QED) is 0.872. The molecular formula is C20H22ClNO2. The molecule has 1 amide bonds. The molecule has 0 unspecified atom stereocenters. The molecule has 1 saturated carbocycles. The van der Waals surface area contributed by atoms with Gasteiger partial charge in [-0.1, -0.05) is 35.9 Å². The van der Waals surface area contributed by atoms with Crippen molar-refractivity contribution in [2.45, 2.75) is 37.6 Å². The molecule has 0 aromatic heterocycles. The van der Waals surface area contributed by atoms with Gasteiger partial charge in [-0.2, -0.15) is 0 Å². The minimum Gasteiger partial charge on any atom is -0.497 e. The summed E-state index contributed by atoms with van der Waals surface area (Å²) in [5.74, 6) is 0.803. The van der Waals surface area contributed by atoms with Crippen molar-refractivity contribution in [3.8, 4) is 5.75 Å². The van der Waals surface area contributed by atoms with Crippen LogP contribution in [0.5, 0.6) is 5.75 Å². The Morgan fingerprint density at radius 2 is 1.83 bits per heavy atom. The Morgan fingerprint density at radius 1 is 1.17 bits per heavy atom. The summed E-state index contributed by atoms with van der Waals surface area (Å²) in [6, 6.07) is 15.4. The van der Waals surface area contributed by atoms with Crippen LogP contribution in [0.4, 0.5) is 0 Å². The van der Waals surface area contributed by atoms with Crippen LogP contribution < -0.4 is 10.1 Å². The Hall–Kier alpha value is -2.00. The Labute approximate surface area is 148 Å². The van der Waals surface area contributed by atoms with Gasteiger partial charge in [0.25, 0.3) is 0 Å². The van der Waals surface area contributed by atoms with E-state index in [1.807, 2.05) is 62.4 Å². The molecule has 0 spiro atoms. The zero-order chi connectivity index (χ0) is 17.4. The van der Waals surface area contributed by atoms with E-state index in [4.69, 9.17) is 16.3 Å². The number of rotatable bonds is 5. The minimum atomic E-state index is -0.625. The average molecular weight is 344 g/mol. The molecule has 126 valence electrons. The Bertz CT molecular complexity index is 748. The highest BCUT2D eigenvalue weighted by Crippen LogP contribution is 2.46. The Kier molecular flexibility index (Phi) is 4.31. The van der Waals surface area contributed by atoms with Crippen LogP contribution in [0.3, 0.4) is 0 Å². The summed E-state index contributed by atoms with van der Waals surface area (Å²) >= 11 is 6.11. The van der Waals surface area contributed by atoms with Crippen molar-refractivity contribution >= 4 is 17.5 Å². The zero-order valence-electron chi connectivity index (χ0n) is 14.2. The fourth-order valence-electron chi connectivity index (χ4n) is 2.91. The maximum absolute atomic E-state index is 13.0. The van der Waals surface area contributed by atoms with E-state index in [0.717, 1.165) is 29.7 Å². The zero-order valence-corrected chi connectivity index (χ0v) is 15.0. The van der Waals surface area contributed by atoms with Crippen LogP contribution in [0.1, 0.15) is 37.8 Å². The van der Waals surface area contributed by atoms with Gasteiger partial charge in [-0.05, 0) is 62.1 Å². The maximum Gasteiger partial charge on any atom is 0.230 e. The molecule has 3 nitrogen and oxygen atoms in total. The summed E-state index contributed by atoms with van der Waals surface area (Å²) in [6.45, 7) is 3.89. The van der Waals surface area contributed by atoms with E-state index in [0.29, 0.717) is 5.02 Å². The molecule has 2 aromatic carbocycles. The first-order valence-corrected chi connectivity index (χ1v) is 8.48. The molecule has 24 heavy (non-hydrogen) atoms. The van der Waals surface area contributed by atoms with E-state index in [-0.39, 0.29) is 11.4 Å². The first kappa shape index (κ1) is 16.8. The number of benzene rings is 2. The molecule has 1 fully saturated rings. The standard InChI is InChI=1S/C20H22ClNO2/c1-19(2,14-7-9-17(24-3)10-8-14)18(23)22-20(11-12-20)15-5-4-6-16(21)13-15/h4-10,13H,11-12H2,1-3H3,(H,22,23). The number of carbonyl (C=O) groups excluding carboxylic acids is 1. The summed E-state index contributed by atoms with van der Waals surface area (Å²) in [5.41, 5.74) is 1.14. The topological polar surface area (TPSA) is 38.3 Å². The summed E-state index contributed by atoms with van der Waals surface area (Å²) in [4.78, 5) is 13.0. The smallest absolute Gasteiger partial charge is 0.230 e. The molecule has 1 N–H and O–H groups in total. The largest absolute Gasteiger partial charge is 0.497 e. The van der Waals surface area contributed by atoms with Gasteiger partial charge >= 0.3 is 0 Å². The summed E-state index contributed by atoms with van der Waals surface area (Å²) in [7, 11) is 1.63. The molecule has 0 saturated heterocycles. The molecule has 0 aliphatic heterocycles. The van der Waals surface area contributed by atoms with Crippen LogP contribution in [-0.2, 0) is 15.7 Å². The lowest BCUT2D eigenvalue weighted by molar-refractivity contribution is -0.126. The number of nitrogens with one attached hydrogen (secondary N) is 1. The average Bonchev–Trinajstić information content (AvgIpc) is 3.35. The molecule has 0 bridgehead atoms. The van der Waals surface area contributed by atoms with Gasteiger partial charge in [0.05, 0.1) is 18.1 Å². The number of halogens is 1. The molecule has 0 heterocycles. The van der Waals surface area contributed by atoms with Gasteiger partial charge in [0, 0.05) is 5.02 Å². The molecular weight excluding hydrogens is 322 g/mol. The Morgan fingerprint density at radius 3 is 2.38 bits per heavy atom. The van der Waals surface area contributed by atoms with Crippen molar-refractivity contribution in [3.63, 3.8) is 0 Å². The van der Waals surface area contributed by atoms with Gasteiger partial charge in [-0.25, -0.2) is 0 Å². The molecule has 0 atom stereocenters. The SMILES string of the molecule is COc1ccc(C(C)(C)C(=O)NC2(c3cccc(Cl)c3)CC2)cc1. The summed E-state index contributed by atoms with van der Waals surface area (Å²) in [5, 5.41) is 3.95. The van der Waals surface area contributed by atoms with Gasteiger partial charge in [0.2, 0.25) is 5.91 Å². The predicted octanol–water partition coefficient (Wildman–Crippen LogP) is 4.43. The monoisotopic (exact) mass is 343 g/mol. The first-order chi connectivity index (χ1) is 11.4. The second-order valence-electron chi connectivity index (χ2n) is 6.90. The number of hydrogen-bond acceptors (Lipinski definition) is 2. The second kappa shape index (κ2) is 6.14. The second-order valence-corrected chi connectivity index (χ2v) is 7.34. The fourth-order valence-corrected chi connectivity index (χ4v) is 3.10. The first-order valence-electron chi connectivity index (χ1n) is 8.11. The van der Waals surface area contributed by atoms with E-state index in [1.165, 1.54) is 0 Å². The van der Waals surface area contributed by atoms with Gasteiger partial charge in [-0.15, -0.1) is 0 Å². The van der Waals surface area contributed by atoms with Crippen LogP contribution in [0.15, 0.2) is 48.5 Å². The highest BCUT2D eigenvalue weighted by atomic mass is 35.5. The van der Waals surface area contributed by atoms with E-state index < -0.39 is 5.41 Å². The van der Waals surface area contributed by atoms with Gasteiger partial charge in [0.1, 0.15) is 5.75 Å². The molecule has 4 heteroatoms. The van der Waals surface area contributed by atoms with Crippen molar-refractivity contribution in [2.24, 2.45) is 0 Å². The molecule has 1 aliphatic rings. The highest BCUT2D eigenvalue weighted by Gasteiger charge is 2.47. The lowest BCUT2D eigenvalue weighted by Gasteiger charge is -2.28. The normalized spacial score (nSPS) is 15.7. The third-order valence-corrected chi connectivity index (χ3v) is 5.09. The van der Waals surface area contributed by atoms with Crippen LogP contribution in [0.25, 0.3) is 0 Å². The lowest BCUT2D eigenvalue weighted by atomic mass is 9.83. The maximum atomic E-state index is 13.0. The third kappa shape index (κ3) is 3.13. The van der Waals surface area contributed by atoms with Crippen LogP contribution in [0, 0.1) is 0 Å². The number of amides is 1. The highest BCUT2D eigenvalue weighted by molar-refractivity contribution is 6.30. The Balaban J connectivity index is 1.80. The molecule has 3 rings (SSSR count). The van der Waals surface area contributed by atoms with Crippen molar-refractivity contribution in [1.29, 1.82) is 0 Å². The van der Waals surface area contributed by atoms with Gasteiger partial charge in [-0.3, -0.25) is 4.79 Å². The number of carbonyl (C=O) groups is 1. The molecule has 2 aromatic rings. The number of hydrogen-bond donors (Lipinski definition) is 1.